The van der Waals surface area contributed by atoms with Gasteiger partial charge in [0.1, 0.15) is 0 Å². The van der Waals surface area contributed by atoms with Gasteiger partial charge in [-0.15, -0.1) is 0 Å². The van der Waals surface area contributed by atoms with Crippen LogP contribution in [0, 0.1) is 0 Å². The molecule has 0 heterocycles. The van der Waals surface area contributed by atoms with E-state index in [9.17, 15) is 0 Å². The maximum atomic E-state index is 5.77. The zero-order valence-electron chi connectivity index (χ0n) is 6.29. The van der Waals surface area contributed by atoms with E-state index in [-0.39, 0.29) is 12.1 Å². The lowest BCUT2D eigenvalue weighted by Crippen LogP contribution is -2.40. The third-order valence-corrected chi connectivity index (χ3v) is 2.01. The van der Waals surface area contributed by atoms with Crippen LogP contribution in [0.1, 0.15) is 25.7 Å². The summed E-state index contributed by atoms with van der Waals surface area (Å²) < 4.78 is 0. The van der Waals surface area contributed by atoms with Crippen molar-refractivity contribution >= 4 is 0 Å². The average molecular weight is 140 g/mol. The Morgan fingerprint density at radius 2 is 2.00 bits per heavy atom. The summed E-state index contributed by atoms with van der Waals surface area (Å²) in [6, 6.07) is 0.261. The lowest BCUT2D eigenvalue weighted by atomic mass is 9.99. The van der Waals surface area contributed by atoms with E-state index in [0.717, 1.165) is 6.42 Å². The van der Waals surface area contributed by atoms with Gasteiger partial charge >= 0.3 is 0 Å². The van der Waals surface area contributed by atoms with Crippen LogP contribution < -0.4 is 11.5 Å². The van der Waals surface area contributed by atoms with Crippen molar-refractivity contribution in [2.45, 2.75) is 37.8 Å². The second-order valence-corrected chi connectivity index (χ2v) is 2.95. The normalized spacial score (nSPS) is 35.0. The molecule has 2 nitrogen and oxygen atoms in total. The Morgan fingerprint density at radius 1 is 1.20 bits per heavy atom. The second kappa shape index (κ2) is 3.74. The van der Waals surface area contributed by atoms with Gasteiger partial charge in [-0.25, -0.2) is 0 Å². The van der Waals surface area contributed by atoms with E-state index in [4.69, 9.17) is 11.5 Å². The first-order valence-electron chi connectivity index (χ1n) is 3.98. The molecule has 0 aromatic heterocycles. The maximum absolute atomic E-state index is 5.77. The van der Waals surface area contributed by atoms with Gasteiger partial charge in [0.15, 0.2) is 0 Å². The van der Waals surface area contributed by atoms with E-state index in [1.165, 1.54) is 19.3 Å². The summed E-state index contributed by atoms with van der Waals surface area (Å²) in [5, 5.41) is 0. The molecule has 4 N–H and O–H groups in total. The Labute approximate surface area is 62.3 Å². The molecule has 1 aliphatic carbocycles. The highest BCUT2D eigenvalue weighted by atomic mass is 14.8. The van der Waals surface area contributed by atoms with Crippen molar-refractivity contribution in [1.29, 1.82) is 0 Å². The van der Waals surface area contributed by atoms with Crippen LogP contribution in [-0.2, 0) is 0 Å². The van der Waals surface area contributed by atoms with E-state index in [2.05, 4.69) is 6.08 Å². The van der Waals surface area contributed by atoms with E-state index < -0.39 is 0 Å². The number of rotatable bonds is 0. The van der Waals surface area contributed by atoms with E-state index >= 15 is 0 Å². The van der Waals surface area contributed by atoms with Crippen LogP contribution in [0.3, 0.4) is 0 Å². The Bertz CT molecular complexity index is 120. The molecule has 1 rings (SSSR count). The van der Waals surface area contributed by atoms with Crippen molar-refractivity contribution in [2.24, 2.45) is 11.5 Å². The monoisotopic (exact) mass is 140 g/mol. The predicted octanol–water partition coefficient (Wildman–Crippen LogP) is 0.771. The smallest absolute Gasteiger partial charge is 0.0378 e. The molecular weight excluding hydrogens is 124 g/mol. The van der Waals surface area contributed by atoms with E-state index in [0.29, 0.717) is 0 Å². The summed E-state index contributed by atoms with van der Waals surface area (Å²) in [4.78, 5) is 0. The van der Waals surface area contributed by atoms with Crippen LogP contribution in [0.4, 0.5) is 0 Å². The van der Waals surface area contributed by atoms with Crippen molar-refractivity contribution < 1.29 is 0 Å². The Balaban J connectivity index is 2.44. The minimum atomic E-state index is 0.0836. The topological polar surface area (TPSA) is 52.0 Å². The largest absolute Gasteiger partial charge is 0.326 e. The van der Waals surface area contributed by atoms with Crippen molar-refractivity contribution in [3.63, 3.8) is 0 Å². The molecule has 0 saturated carbocycles. The first kappa shape index (κ1) is 7.76. The molecule has 2 atom stereocenters. The molecule has 0 aromatic carbocycles. The molecule has 1 aliphatic rings. The van der Waals surface area contributed by atoms with Crippen molar-refractivity contribution in [3.8, 4) is 0 Å². The highest BCUT2D eigenvalue weighted by Gasteiger charge is 2.10. The number of hydrogen-bond acceptors (Lipinski definition) is 2. The minimum absolute atomic E-state index is 0.0836. The maximum Gasteiger partial charge on any atom is 0.0378 e. The Morgan fingerprint density at radius 3 is 2.80 bits per heavy atom. The van der Waals surface area contributed by atoms with Crippen LogP contribution in [0.2, 0.25) is 0 Å². The third kappa shape index (κ3) is 2.12. The van der Waals surface area contributed by atoms with Crippen LogP contribution in [0.15, 0.2) is 12.2 Å². The predicted molar refractivity (Wildman–Crippen MR) is 43.6 cm³/mol. The summed E-state index contributed by atoms with van der Waals surface area (Å²) in [5.41, 5.74) is 11.5. The van der Waals surface area contributed by atoms with Crippen molar-refractivity contribution in [3.05, 3.63) is 12.2 Å². The molecule has 0 spiro atoms. The first-order chi connectivity index (χ1) is 4.80. The summed E-state index contributed by atoms with van der Waals surface area (Å²) in [6.45, 7) is 0. The molecule has 0 radical (unpaired) electrons. The lowest BCUT2D eigenvalue weighted by molar-refractivity contribution is 0.513. The molecule has 2 unspecified atom stereocenters. The standard InChI is InChI=1S/C8H16N2/c9-7-5-3-1-2-4-6-8(7)10/h3,5,7-8H,1-2,4,6,9-10H2. The number of nitrogens with two attached hydrogens (primary N) is 2. The molecule has 10 heavy (non-hydrogen) atoms. The summed E-state index contributed by atoms with van der Waals surface area (Å²) in [7, 11) is 0. The zero-order valence-corrected chi connectivity index (χ0v) is 6.29. The second-order valence-electron chi connectivity index (χ2n) is 2.95. The van der Waals surface area contributed by atoms with E-state index in [1.807, 2.05) is 6.08 Å². The number of hydrogen-bond donors (Lipinski definition) is 2. The summed E-state index contributed by atoms with van der Waals surface area (Å²) in [5.74, 6) is 0. The number of allylic oxidation sites excluding steroid dienone is 1. The average Bonchev–Trinajstić information content (AvgIpc) is 1.92. The van der Waals surface area contributed by atoms with Gasteiger partial charge in [-0.2, -0.15) is 0 Å². The Hall–Kier alpha value is -0.340. The lowest BCUT2D eigenvalue weighted by Gasteiger charge is -2.18. The zero-order chi connectivity index (χ0) is 7.40. The van der Waals surface area contributed by atoms with Crippen LogP contribution in [0.5, 0.6) is 0 Å². The molecule has 0 saturated heterocycles. The highest BCUT2D eigenvalue weighted by molar-refractivity contribution is 4.98. The van der Waals surface area contributed by atoms with Gasteiger partial charge in [-0.05, 0) is 19.3 Å². The van der Waals surface area contributed by atoms with Gasteiger partial charge in [0.25, 0.3) is 0 Å². The molecular formula is C8H16N2. The fourth-order valence-electron chi connectivity index (χ4n) is 1.23. The van der Waals surface area contributed by atoms with Gasteiger partial charge in [-0.1, -0.05) is 18.6 Å². The van der Waals surface area contributed by atoms with Crippen molar-refractivity contribution in [2.75, 3.05) is 0 Å². The Kier molecular flexibility index (Phi) is 2.90. The SMILES string of the molecule is NC1C=CCCCCC1N. The molecule has 0 aliphatic heterocycles. The van der Waals surface area contributed by atoms with Crippen LogP contribution >= 0.6 is 0 Å². The van der Waals surface area contributed by atoms with Gasteiger partial charge in [0, 0.05) is 12.1 Å². The van der Waals surface area contributed by atoms with Crippen LogP contribution in [0.25, 0.3) is 0 Å². The van der Waals surface area contributed by atoms with Crippen LogP contribution in [-0.4, -0.2) is 12.1 Å². The van der Waals surface area contributed by atoms with Gasteiger partial charge in [0.2, 0.25) is 0 Å². The minimum Gasteiger partial charge on any atom is -0.326 e. The quantitative estimate of drug-likeness (QED) is 0.488. The van der Waals surface area contributed by atoms with Gasteiger partial charge in [0.05, 0.1) is 0 Å². The fourth-order valence-corrected chi connectivity index (χ4v) is 1.23. The van der Waals surface area contributed by atoms with Gasteiger partial charge < -0.3 is 11.5 Å². The summed E-state index contributed by atoms with van der Waals surface area (Å²) >= 11 is 0. The highest BCUT2D eigenvalue weighted by Crippen LogP contribution is 2.09. The van der Waals surface area contributed by atoms with Gasteiger partial charge in [-0.3, -0.25) is 0 Å². The van der Waals surface area contributed by atoms with Crippen molar-refractivity contribution in [1.82, 2.24) is 0 Å². The fraction of sp³-hybridized carbons (Fsp3) is 0.750. The third-order valence-electron chi connectivity index (χ3n) is 2.01. The molecule has 0 amide bonds. The molecule has 0 fully saturated rings. The molecule has 0 bridgehead atoms. The molecule has 0 aromatic rings. The molecule has 58 valence electrons. The molecule has 2 heteroatoms. The summed E-state index contributed by atoms with van der Waals surface area (Å²) in [6.07, 6.45) is 8.90. The first-order valence-corrected chi connectivity index (χ1v) is 3.98. The van der Waals surface area contributed by atoms with E-state index in [1.54, 1.807) is 0 Å².